The molecule has 5 aromatic rings. The molecule has 5 aromatic carbocycles. The van der Waals surface area contributed by atoms with Crippen molar-refractivity contribution in [3.8, 4) is 0 Å². The quantitative estimate of drug-likeness (QED) is 0.0634. The molecular formula is C45H55O3PS. The summed E-state index contributed by atoms with van der Waals surface area (Å²) in [6.07, 6.45) is 12.4. The van der Waals surface area contributed by atoms with Crippen LogP contribution in [0.4, 0.5) is 0 Å². The Balaban J connectivity index is 1.87. The van der Waals surface area contributed by atoms with E-state index >= 15 is 8.42 Å². The van der Waals surface area contributed by atoms with Crippen LogP contribution in [-0.4, -0.2) is 8.42 Å². The van der Waals surface area contributed by atoms with Crippen LogP contribution in [0.25, 0.3) is 0 Å². The maximum absolute atomic E-state index is 15.7. The number of aryl methyl sites for hydroxylation is 1. The zero-order chi connectivity index (χ0) is 35.3. The predicted octanol–water partition coefficient (Wildman–Crippen LogP) is 10.4. The predicted molar refractivity (Wildman–Crippen MR) is 216 cm³/mol. The Morgan fingerprint density at radius 3 is 1.18 bits per heavy atom. The molecule has 0 atom stereocenters. The van der Waals surface area contributed by atoms with Crippen LogP contribution in [0, 0.1) is 0 Å². The fourth-order valence-corrected chi connectivity index (χ4v) is 16.4. The molecule has 0 aliphatic rings. The van der Waals surface area contributed by atoms with Crippen LogP contribution in [0.5, 0.6) is 0 Å². The van der Waals surface area contributed by atoms with Crippen molar-refractivity contribution in [1.82, 2.24) is 0 Å². The van der Waals surface area contributed by atoms with Gasteiger partial charge in [-0.25, -0.2) is 0 Å². The Hall–Kier alpha value is -3.56. The third kappa shape index (κ3) is 7.54. The molecule has 0 amide bonds. The van der Waals surface area contributed by atoms with Crippen molar-refractivity contribution in [2.45, 2.75) is 103 Å². The summed E-state index contributed by atoms with van der Waals surface area (Å²) in [6, 6.07) is 44.3. The summed E-state index contributed by atoms with van der Waals surface area (Å²) in [7, 11) is -4.37. The van der Waals surface area contributed by atoms with Crippen LogP contribution < -0.4 is 21.2 Å². The summed E-state index contributed by atoms with van der Waals surface area (Å²) in [5.41, 5.74) is 3.49. The van der Waals surface area contributed by atoms with Crippen molar-refractivity contribution in [3.63, 3.8) is 0 Å². The molecule has 264 valence electrons. The molecule has 0 aliphatic heterocycles. The summed E-state index contributed by atoms with van der Waals surface area (Å²) in [5, 5.41) is 3.38. The fourth-order valence-electron chi connectivity index (χ4n) is 7.60. The van der Waals surface area contributed by atoms with E-state index in [0.717, 1.165) is 97.4 Å². The first kappa shape index (κ1) is 37.7. The van der Waals surface area contributed by atoms with Gasteiger partial charge in [0.25, 0.3) is 0 Å². The molecule has 0 spiro atoms. The van der Waals surface area contributed by atoms with E-state index in [1.807, 2.05) is 78.9 Å². The number of hydrogen-bond donors (Lipinski definition) is 0. The van der Waals surface area contributed by atoms with Gasteiger partial charge in [-0.15, -0.1) is 0 Å². The van der Waals surface area contributed by atoms with Gasteiger partial charge in [0, 0.05) is 0 Å². The molecule has 5 heteroatoms. The van der Waals surface area contributed by atoms with Gasteiger partial charge >= 0.3 is 303 Å². The molecule has 0 N–H and O–H groups in total. The van der Waals surface area contributed by atoms with Gasteiger partial charge in [-0.1, -0.05) is 0 Å². The average molecular weight is 707 g/mol. The third-order valence-corrected chi connectivity index (χ3v) is 18.1. The molecule has 0 aliphatic carbocycles. The minimum atomic E-state index is -4.45. The number of rotatable bonds is 19. The van der Waals surface area contributed by atoms with Crippen molar-refractivity contribution in [1.29, 1.82) is 0 Å². The van der Waals surface area contributed by atoms with E-state index in [0.29, 0.717) is 4.90 Å². The first-order valence-corrected chi connectivity index (χ1v) is 22.3. The number of benzene rings is 5. The van der Waals surface area contributed by atoms with E-state index in [2.05, 4.69) is 75.4 Å². The van der Waals surface area contributed by atoms with Gasteiger partial charge < -0.3 is 0 Å². The average Bonchev–Trinajstić information content (AvgIpc) is 3.16. The molecule has 5 rings (SSSR count). The van der Waals surface area contributed by atoms with Crippen LogP contribution in [-0.2, 0) is 33.4 Å². The summed E-state index contributed by atoms with van der Waals surface area (Å²) < 4.78 is 38.7. The molecular weight excluding hydrogens is 652 g/mol. The minimum absolute atomic E-state index is 0.326. The fraction of sp³-hybridized carbons (Fsp3) is 0.333. The van der Waals surface area contributed by atoms with Crippen LogP contribution in [0.15, 0.2) is 138 Å². The summed E-state index contributed by atoms with van der Waals surface area (Å²) >= 11 is 0. The second-order valence-corrected chi connectivity index (χ2v) is 19.5. The van der Waals surface area contributed by atoms with Crippen LogP contribution in [0.2, 0.25) is 0 Å². The summed E-state index contributed by atoms with van der Waals surface area (Å²) in [6.45, 7) is 2.21. The first-order chi connectivity index (χ1) is 24.4. The van der Waals surface area contributed by atoms with Gasteiger partial charge in [0.05, 0.1) is 0 Å². The van der Waals surface area contributed by atoms with E-state index in [1.165, 1.54) is 17.5 Å². The van der Waals surface area contributed by atoms with Crippen molar-refractivity contribution >= 4 is 38.2 Å². The number of unbranched alkanes of at least 4 members (excludes halogenated alkanes) is 6. The Bertz CT molecular complexity index is 1710. The molecule has 3 nitrogen and oxygen atoms in total. The molecule has 0 fully saturated rings. The second kappa shape index (κ2) is 17.6. The van der Waals surface area contributed by atoms with E-state index < -0.39 is 16.9 Å². The Morgan fingerprint density at radius 1 is 0.440 bits per heavy atom. The molecule has 0 bridgehead atoms. The van der Waals surface area contributed by atoms with E-state index in [-0.39, 0.29) is 0 Å². The molecule has 0 unspecified atom stereocenters. The summed E-state index contributed by atoms with van der Waals surface area (Å²) in [4.78, 5) is 0.326. The Kier molecular flexibility index (Phi) is 13.3. The van der Waals surface area contributed by atoms with Crippen LogP contribution in [0.1, 0.15) is 95.2 Å². The second-order valence-electron chi connectivity index (χ2n) is 13.5. The maximum atomic E-state index is 15.7. The summed E-state index contributed by atoms with van der Waals surface area (Å²) in [5.74, 6) is 0. The van der Waals surface area contributed by atoms with Crippen molar-refractivity contribution in [2.75, 3.05) is 0 Å². The normalized spacial score (nSPS) is 12.7. The van der Waals surface area contributed by atoms with Gasteiger partial charge in [-0.05, 0) is 0 Å². The molecule has 0 saturated heterocycles. The van der Waals surface area contributed by atoms with Crippen molar-refractivity contribution in [3.05, 3.63) is 150 Å². The SMILES string of the molecule is CCCCCc1ccc(S(=O)(=O)OP(c2ccccc2)(c2ccccc2)(c2ccccc2)c2ccccc2)c(CCCCC)c1CCCCC. The van der Waals surface area contributed by atoms with Crippen molar-refractivity contribution in [2.24, 2.45) is 0 Å². The monoisotopic (exact) mass is 706 g/mol. The molecule has 0 saturated carbocycles. The third-order valence-electron chi connectivity index (χ3n) is 10.1. The van der Waals surface area contributed by atoms with Gasteiger partial charge in [-0.3, -0.25) is 0 Å². The van der Waals surface area contributed by atoms with E-state index in [9.17, 15) is 0 Å². The number of hydrogen-bond acceptors (Lipinski definition) is 3. The van der Waals surface area contributed by atoms with Crippen LogP contribution in [0.3, 0.4) is 0 Å². The first-order valence-electron chi connectivity index (χ1n) is 18.8. The van der Waals surface area contributed by atoms with Crippen LogP contribution >= 0.6 is 6.83 Å². The van der Waals surface area contributed by atoms with Crippen molar-refractivity contribution < 1.29 is 12.4 Å². The Labute approximate surface area is 302 Å². The van der Waals surface area contributed by atoms with E-state index in [4.69, 9.17) is 3.97 Å². The van der Waals surface area contributed by atoms with E-state index in [1.54, 1.807) is 0 Å². The molecule has 50 heavy (non-hydrogen) atoms. The standard InChI is InChI=1S/C45H55O3PS/c1-4-7-14-25-38-36-37-45(44(35-16-9-6-3)43(38)34-15-8-5-2)50(46,47)48-49(39-26-17-10-18-27-39,40-28-19-11-20-29-40,41-30-21-12-22-31-41)42-32-23-13-24-33-42/h10-13,17-24,26-33,36-37H,4-9,14-16,25,34-35H2,1-3H3. The topological polar surface area (TPSA) is 43.4 Å². The zero-order valence-corrected chi connectivity index (χ0v) is 32.0. The Morgan fingerprint density at radius 2 is 0.800 bits per heavy atom. The zero-order valence-electron chi connectivity index (χ0n) is 30.3. The van der Waals surface area contributed by atoms with Gasteiger partial charge in [0.2, 0.25) is 0 Å². The molecule has 0 radical (unpaired) electrons. The van der Waals surface area contributed by atoms with Gasteiger partial charge in [0.1, 0.15) is 0 Å². The molecule has 0 heterocycles. The van der Waals surface area contributed by atoms with Gasteiger partial charge in [0.15, 0.2) is 0 Å². The van der Waals surface area contributed by atoms with Gasteiger partial charge in [-0.2, -0.15) is 0 Å². The molecule has 0 aromatic heterocycles.